The predicted octanol–water partition coefficient (Wildman–Crippen LogP) is 2.87. The predicted molar refractivity (Wildman–Crippen MR) is 92.2 cm³/mol. The number of aromatic nitrogens is 3. The molecule has 0 unspecified atom stereocenters. The van der Waals surface area contributed by atoms with Crippen molar-refractivity contribution in [2.45, 2.75) is 13.3 Å². The molecule has 0 atom stereocenters. The summed E-state index contributed by atoms with van der Waals surface area (Å²) in [6, 6.07) is 15.9. The molecule has 1 aromatic heterocycles. The number of rotatable bonds is 1. The molecule has 0 fully saturated rings. The fraction of sp³-hybridized carbons (Fsp3) is 0.211. The van der Waals surface area contributed by atoms with Crippen LogP contribution in [0.1, 0.15) is 21.6 Å². The molecule has 0 saturated heterocycles. The molecule has 1 aliphatic heterocycles. The maximum atomic E-state index is 12.6. The van der Waals surface area contributed by atoms with Crippen LogP contribution in [0.5, 0.6) is 0 Å². The summed E-state index contributed by atoms with van der Waals surface area (Å²) in [4.78, 5) is 14.3. The number of amides is 1. The number of nitrogens with zero attached hydrogens (tertiary/aromatic N) is 4. The van der Waals surface area contributed by atoms with E-state index >= 15 is 0 Å². The summed E-state index contributed by atoms with van der Waals surface area (Å²) in [6.45, 7) is 2.70. The number of benzene rings is 2. The Morgan fingerprint density at radius 2 is 1.79 bits per heavy atom. The quantitative estimate of drug-likeness (QED) is 0.693. The Bertz CT molecular complexity index is 911. The van der Waals surface area contributed by atoms with Gasteiger partial charge in [-0.15, -0.1) is 5.10 Å². The SMILES string of the molecule is Cc1ccc(-c2nnn3c2CCN(C)C(=O)c2ccccc2-3)cc1. The topological polar surface area (TPSA) is 51.0 Å². The van der Waals surface area contributed by atoms with Gasteiger partial charge in [-0.3, -0.25) is 4.79 Å². The van der Waals surface area contributed by atoms with E-state index in [2.05, 4.69) is 41.5 Å². The number of hydrogen-bond donors (Lipinski definition) is 0. The summed E-state index contributed by atoms with van der Waals surface area (Å²) in [5.74, 6) is 0.0173. The molecule has 4 rings (SSSR count). The van der Waals surface area contributed by atoms with E-state index < -0.39 is 0 Å². The number of para-hydroxylation sites is 1. The third kappa shape index (κ3) is 2.29. The Morgan fingerprint density at radius 1 is 1.04 bits per heavy atom. The molecule has 120 valence electrons. The van der Waals surface area contributed by atoms with E-state index in [4.69, 9.17) is 0 Å². The zero-order valence-electron chi connectivity index (χ0n) is 13.7. The van der Waals surface area contributed by atoms with Crippen molar-refractivity contribution >= 4 is 5.91 Å². The van der Waals surface area contributed by atoms with E-state index in [1.807, 2.05) is 36.0 Å². The maximum absolute atomic E-state index is 12.6. The van der Waals surface area contributed by atoms with Crippen LogP contribution >= 0.6 is 0 Å². The lowest BCUT2D eigenvalue weighted by molar-refractivity contribution is 0.0793. The standard InChI is InChI=1S/C19H18N4O/c1-13-7-9-14(10-8-13)18-17-11-12-22(2)19(24)15-5-3-4-6-16(15)23(17)21-20-18/h3-10H,11-12H2,1-2H3. The Hall–Kier alpha value is -2.95. The van der Waals surface area contributed by atoms with Crippen molar-refractivity contribution in [3.63, 3.8) is 0 Å². The first-order valence-electron chi connectivity index (χ1n) is 8.01. The molecule has 24 heavy (non-hydrogen) atoms. The van der Waals surface area contributed by atoms with Crippen LogP contribution in [-0.4, -0.2) is 39.4 Å². The van der Waals surface area contributed by atoms with Gasteiger partial charge in [0.25, 0.3) is 5.91 Å². The highest BCUT2D eigenvalue weighted by Crippen LogP contribution is 2.27. The van der Waals surface area contributed by atoms with Crippen LogP contribution in [0, 0.1) is 6.92 Å². The molecule has 0 N–H and O–H groups in total. The molecule has 0 radical (unpaired) electrons. The van der Waals surface area contributed by atoms with Crippen molar-refractivity contribution in [2.75, 3.05) is 13.6 Å². The van der Waals surface area contributed by atoms with Gasteiger partial charge < -0.3 is 4.90 Å². The number of aryl methyl sites for hydroxylation is 1. The normalized spacial score (nSPS) is 13.9. The fourth-order valence-corrected chi connectivity index (χ4v) is 3.08. The highest BCUT2D eigenvalue weighted by atomic mass is 16.2. The Morgan fingerprint density at radius 3 is 2.58 bits per heavy atom. The molecule has 0 aliphatic carbocycles. The minimum atomic E-state index is 0.0173. The van der Waals surface area contributed by atoms with Crippen molar-refractivity contribution in [3.05, 3.63) is 65.4 Å². The molecule has 3 aromatic rings. The van der Waals surface area contributed by atoms with Crippen molar-refractivity contribution < 1.29 is 4.79 Å². The first-order valence-corrected chi connectivity index (χ1v) is 8.01. The first-order chi connectivity index (χ1) is 11.6. The maximum Gasteiger partial charge on any atom is 0.255 e. The Labute approximate surface area is 140 Å². The number of hydrogen-bond acceptors (Lipinski definition) is 3. The monoisotopic (exact) mass is 318 g/mol. The number of carbonyl (C=O) groups excluding carboxylic acids is 1. The lowest BCUT2D eigenvalue weighted by Gasteiger charge is -2.23. The minimum Gasteiger partial charge on any atom is -0.341 e. The third-order valence-electron chi connectivity index (χ3n) is 4.48. The second kappa shape index (κ2) is 5.60. The third-order valence-corrected chi connectivity index (χ3v) is 4.48. The molecular weight excluding hydrogens is 300 g/mol. The number of carbonyl (C=O) groups is 1. The van der Waals surface area contributed by atoms with Crippen LogP contribution in [0.4, 0.5) is 0 Å². The molecule has 0 spiro atoms. The summed E-state index contributed by atoms with van der Waals surface area (Å²) < 4.78 is 1.81. The summed E-state index contributed by atoms with van der Waals surface area (Å²) in [6.07, 6.45) is 0.715. The highest BCUT2D eigenvalue weighted by Gasteiger charge is 2.25. The van der Waals surface area contributed by atoms with Gasteiger partial charge in [-0.2, -0.15) is 0 Å². The van der Waals surface area contributed by atoms with Crippen LogP contribution in [0.25, 0.3) is 16.9 Å². The fourth-order valence-electron chi connectivity index (χ4n) is 3.08. The van der Waals surface area contributed by atoms with Gasteiger partial charge in [0.1, 0.15) is 5.69 Å². The summed E-state index contributed by atoms with van der Waals surface area (Å²) in [5, 5.41) is 8.77. The van der Waals surface area contributed by atoms with Gasteiger partial charge in [-0.1, -0.05) is 47.2 Å². The van der Waals surface area contributed by atoms with Gasteiger partial charge in [-0.25, -0.2) is 4.68 Å². The van der Waals surface area contributed by atoms with Gasteiger partial charge in [0.05, 0.1) is 16.9 Å². The Kier molecular flexibility index (Phi) is 3.41. The Balaban J connectivity index is 1.92. The molecule has 5 heteroatoms. The zero-order chi connectivity index (χ0) is 16.7. The molecule has 2 heterocycles. The largest absolute Gasteiger partial charge is 0.341 e. The van der Waals surface area contributed by atoms with Crippen molar-refractivity contribution in [1.82, 2.24) is 19.9 Å². The number of likely N-dealkylation sites (N-methyl/N-ethyl adjacent to an activating group) is 1. The van der Waals surface area contributed by atoms with Crippen LogP contribution in [0.2, 0.25) is 0 Å². The van der Waals surface area contributed by atoms with E-state index in [0.29, 0.717) is 18.5 Å². The smallest absolute Gasteiger partial charge is 0.255 e. The van der Waals surface area contributed by atoms with Crippen LogP contribution in [-0.2, 0) is 6.42 Å². The zero-order valence-corrected chi connectivity index (χ0v) is 13.7. The summed E-state index contributed by atoms with van der Waals surface area (Å²) >= 11 is 0. The molecule has 1 aliphatic rings. The average molecular weight is 318 g/mol. The van der Waals surface area contributed by atoms with Crippen LogP contribution in [0.15, 0.2) is 48.5 Å². The van der Waals surface area contributed by atoms with Crippen molar-refractivity contribution in [3.8, 4) is 16.9 Å². The van der Waals surface area contributed by atoms with Gasteiger partial charge in [0, 0.05) is 25.6 Å². The molecule has 2 aromatic carbocycles. The van der Waals surface area contributed by atoms with Gasteiger partial charge in [0.15, 0.2) is 0 Å². The van der Waals surface area contributed by atoms with Gasteiger partial charge in [0.2, 0.25) is 0 Å². The second-order valence-electron chi connectivity index (χ2n) is 6.16. The van der Waals surface area contributed by atoms with E-state index in [9.17, 15) is 4.79 Å². The van der Waals surface area contributed by atoms with E-state index in [1.54, 1.807) is 4.90 Å². The number of fused-ring (bicyclic) bond motifs is 3. The minimum absolute atomic E-state index is 0.0173. The summed E-state index contributed by atoms with van der Waals surface area (Å²) in [5.41, 5.74) is 5.62. The van der Waals surface area contributed by atoms with Gasteiger partial charge in [-0.05, 0) is 19.1 Å². The molecule has 0 saturated carbocycles. The van der Waals surface area contributed by atoms with Crippen LogP contribution in [0.3, 0.4) is 0 Å². The second-order valence-corrected chi connectivity index (χ2v) is 6.16. The molecule has 0 bridgehead atoms. The van der Waals surface area contributed by atoms with Crippen molar-refractivity contribution in [2.24, 2.45) is 0 Å². The van der Waals surface area contributed by atoms with E-state index in [-0.39, 0.29) is 5.91 Å². The van der Waals surface area contributed by atoms with Crippen LogP contribution < -0.4 is 0 Å². The molecular formula is C19H18N4O. The van der Waals surface area contributed by atoms with E-state index in [0.717, 1.165) is 22.6 Å². The lowest BCUT2D eigenvalue weighted by atomic mass is 10.0. The van der Waals surface area contributed by atoms with Gasteiger partial charge >= 0.3 is 0 Å². The molecule has 1 amide bonds. The van der Waals surface area contributed by atoms with Crippen molar-refractivity contribution in [1.29, 1.82) is 0 Å². The highest BCUT2D eigenvalue weighted by molar-refractivity contribution is 5.98. The first kappa shape index (κ1) is 14.6. The lowest BCUT2D eigenvalue weighted by Crippen LogP contribution is -2.32. The average Bonchev–Trinajstić information content (AvgIpc) is 3.02. The molecule has 5 nitrogen and oxygen atoms in total. The summed E-state index contributed by atoms with van der Waals surface area (Å²) in [7, 11) is 1.84. The van der Waals surface area contributed by atoms with E-state index in [1.165, 1.54) is 5.56 Å².